The summed E-state index contributed by atoms with van der Waals surface area (Å²) >= 11 is 0. The van der Waals surface area contributed by atoms with E-state index < -0.39 is 0 Å². The molecule has 0 saturated heterocycles. The van der Waals surface area contributed by atoms with Crippen LogP contribution in [0, 0.1) is 0 Å². The third-order valence-corrected chi connectivity index (χ3v) is 10.2. The topological polar surface area (TPSA) is 31.2 Å². The van der Waals surface area contributed by atoms with Gasteiger partial charge in [-0.3, -0.25) is 0 Å². The Morgan fingerprint density at radius 1 is 0.367 bits per heavy atom. The van der Waals surface area contributed by atoms with Crippen LogP contribution in [0.25, 0.3) is 104 Å². The highest BCUT2D eigenvalue weighted by Gasteiger charge is 2.23. The minimum Gasteiger partial charge on any atom is -0.456 e. The van der Waals surface area contributed by atoms with E-state index in [0.717, 1.165) is 60.7 Å². The molecule has 3 heteroatoms. The van der Waals surface area contributed by atoms with Crippen LogP contribution < -0.4 is 0 Å². The first-order chi connectivity index (χ1) is 24.3. The summed E-state index contributed by atoms with van der Waals surface area (Å²) in [6.07, 6.45) is 0. The van der Waals surface area contributed by atoms with Gasteiger partial charge in [-0.15, -0.1) is 0 Å². The number of nitrogens with zero attached hydrogens (tertiary/aromatic N) is 1. The summed E-state index contributed by atoms with van der Waals surface area (Å²) in [5, 5.41) is 10.5. The molecular formula is C46H27NO2. The third kappa shape index (κ3) is 3.73. The fraction of sp³-hybridized carbons (Fsp3) is 0. The maximum atomic E-state index is 6.74. The summed E-state index contributed by atoms with van der Waals surface area (Å²) in [4.78, 5) is 0. The number of aromatic nitrogens is 1. The minimum absolute atomic E-state index is 0.817. The Morgan fingerprint density at radius 2 is 0.980 bits per heavy atom. The van der Waals surface area contributed by atoms with E-state index in [1.54, 1.807) is 0 Å². The van der Waals surface area contributed by atoms with E-state index in [4.69, 9.17) is 8.83 Å². The number of fused-ring (bicyclic) bond motifs is 9. The normalized spacial score (nSPS) is 12.1. The summed E-state index contributed by atoms with van der Waals surface area (Å²) in [5.41, 5.74) is 9.64. The van der Waals surface area contributed by atoms with Crippen molar-refractivity contribution in [2.45, 2.75) is 0 Å². The lowest BCUT2D eigenvalue weighted by molar-refractivity contribution is 0.629. The number of furan rings is 2. The Morgan fingerprint density at radius 3 is 1.73 bits per heavy atom. The number of benzene rings is 8. The van der Waals surface area contributed by atoms with Crippen molar-refractivity contribution in [1.82, 2.24) is 4.57 Å². The summed E-state index contributed by atoms with van der Waals surface area (Å²) < 4.78 is 15.3. The van der Waals surface area contributed by atoms with Crippen LogP contribution in [0.2, 0.25) is 0 Å². The highest BCUT2D eigenvalue weighted by Crippen LogP contribution is 2.48. The second kappa shape index (κ2) is 9.96. The summed E-state index contributed by atoms with van der Waals surface area (Å²) in [6.45, 7) is 0. The quantitative estimate of drug-likeness (QED) is 0.183. The summed E-state index contributed by atoms with van der Waals surface area (Å²) in [6, 6.07) is 58.4. The Kier molecular flexibility index (Phi) is 5.38. The fourth-order valence-corrected chi connectivity index (χ4v) is 8.15. The number of rotatable bonds is 3. The molecule has 11 rings (SSSR count). The minimum atomic E-state index is 0.817. The van der Waals surface area contributed by atoms with Gasteiger partial charge in [-0.1, -0.05) is 115 Å². The highest BCUT2D eigenvalue weighted by atomic mass is 16.3. The van der Waals surface area contributed by atoms with Gasteiger partial charge in [0.1, 0.15) is 22.5 Å². The van der Waals surface area contributed by atoms with Crippen LogP contribution in [0.1, 0.15) is 0 Å². The fourth-order valence-electron chi connectivity index (χ4n) is 8.15. The molecule has 0 radical (unpaired) electrons. The monoisotopic (exact) mass is 625 g/mol. The molecule has 228 valence electrons. The number of hydrogen-bond donors (Lipinski definition) is 0. The van der Waals surface area contributed by atoms with Crippen LogP contribution in [0.15, 0.2) is 173 Å². The van der Waals surface area contributed by atoms with Gasteiger partial charge in [0.2, 0.25) is 0 Å². The van der Waals surface area contributed by atoms with Gasteiger partial charge >= 0.3 is 0 Å². The lowest BCUT2D eigenvalue weighted by Crippen LogP contribution is -1.93. The van der Waals surface area contributed by atoms with E-state index in [9.17, 15) is 0 Å². The molecule has 11 aromatic rings. The van der Waals surface area contributed by atoms with Crippen molar-refractivity contribution in [3.05, 3.63) is 164 Å². The van der Waals surface area contributed by atoms with E-state index in [1.165, 1.54) is 43.7 Å². The Labute approximate surface area is 280 Å². The first-order valence-electron chi connectivity index (χ1n) is 16.7. The second-order valence-corrected chi connectivity index (χ2v) is 12.8. The smallest absolute Gasteiger partial charge is 0.139 e. The Balaban J connectivity index is 1.23. The van der Waals surface area contributed by atoms with Gasteiger partial charge in [0, 0.05) is 44.2 Å². The van der Waals surface area contributed by atoms with Crippen molar-refractivity contribution < 1.29 is 8.83 Å². The maximum absolute atomic E-state index is 6.74. The van der Waals surface area contributed by atoms with Crippen LogP contribution in [0.5, 0.6) is 0 Å². The van der Waals surface area contributed by atoms with Crippen molar-refractivity contribution in [2.75, 3.05) is 0 Å². The molecule has 0 aliphatic rings. The van der Waals surface area contributed by atoms with E-state index in [1.807, 2.05) is 18.2 Å². The molecule has 0 atom stereocenters. The Bertz CT molecular complexity index is 3050. The molecule has 0 amide bonds. The first-order valence-corrected chi connectivity index (χ1v) is 16.7. The lowest BCUT2D eigenvalue weighted by atomic mass is 9.86. The highest BCUT2D eigenvalue weighted by molar-refractivity contribution is 6.26. The maximum Gasteiger partial charge on any atom is 0.139 e. The molecule has 0 spiro atoms. The zero-order chi connectivity index (χ0) is 32.1. The molecule has 0 unspecified atom stereocenters. The summed E-state index contributed by atoms with van der Waals surface area (Å²) in [7, 11) is 0. The predicted octanol–water partition coefficient (Wildman–Crippen LogP) is 13.1. The van der Waals surface area contributed by atoms with E-state index >= 15 is 0 Å². The zero-order valence-electron chi connectivity index (χ0n) is 26.4. The molecule has 0 bridgehead atoms. The average Bonchev–Trinajstić information content (AvgIpc) is 3.84. The molecule has 3 heterocycles. The Hall–Kier alpha value is -6.58. The van der Waals surface area contributed by atoms with Crippen molar-refractivity contribution in [3.63, 3.8) is 0 Å². The third-order valence-electron chi connectivity index (χ3n) is 10.2. The SMILES string of the molecule is c1ccc(-n2c3ccccc3c3c(-c4c5ccccc5c(-c5cc6cc7c(cc6o5)oc5ccccc57)c5ccccc45)cccc32)cc1. The lowest BCUT2D eigenvalue weighted by Gasteiger charge is -2.17. The molecule has 49 heavy (non-hydrogen) atoms. The average molecular weight is 626 g/mol. The van der Waals surface area contributed by atoms with Crippen LogP contribution in [-0.4, -0.2) is 4.57 Å². The first kappa shape index (κ1) is 26.5. The van der Waals surface area contributed by atoms with Gasteiger partial charge in [0.05, 0.1) is 11.0 Å². The van der Waals surface area contributed by atoms with Crippen LogP contribution in [-0.2, 0) is 0 Å². The van der Waals surface area contributed by atoms with Gasteiger partial charge in [-0.2, -0.15) is 0 Å². The standard InChI is InChI=1S/C46H27NO2/c1-2-13-29(14-3-1)47-38-22-10-8-20-35(38)45-36(21-12-23-39(45)47)44-31-16-4-6-18-33(31)46(34-19-7-5-17-32(34)44)43-26-28-25-37-30-15-9-11-24-40(30)48-42(37)27-41(28)49-43/h1-27H. The van der Waals surface area contributed by atoms with Crippen LogP contribution in [0.4, 0.5) is 0 Å². The van der Waals surface area contributed by atoms with Gasteiger partial charge in [0.25, 0.3) is 0 Å². The zero-order valence-corrected chi connectivity index (χ0v) is 26.4. The van der Waals surface area contributed by atoms with E-state index in [0.29, 0.717) is 0 Å². The second-order valence-electron chi connectivity index (χ2n) is 12.8. The van der Waals surface area contributed by atoms with Crippen molar-refractivity contribution in [2.24, 2.45) is 0 Å². The molecule has 3 aromatic heterocycles. The van der Waals surface area contributed by atoms with Crippen LogP contribution >= 0.6 is 0 Å². The molecule has 0 fully saturated rings. The molecule has 0 saturated carbocycles. The van der Waals surface area contributed by atoms with Gasteiger partial charge in [0.15, 0.2) is 0 Å². The predicted molar refractivity (Wildman–Crippen MR) is 204 cm³/mol. The van der Waals surface area contributed by atoms with Gasteiger partial charge < -0.3 is 13.4 Å². The van der Waals surface area contributed by atoms with E-state index in [2.05, 4.69) is 150 Å². The summed E-state index contributed by atoms with van der Waals surface area (Å²) in [5.74, 6) is 0.852. The molecule has 0 aliphatic carbocycles. The molecule has 0 aliphatic heterocycles. The molecule has 8 aromatic carbocycles. The van der Waals surface area contributed by atoms with Crippen molar-refractivity contribution >= 4 is 76.3 Å². The van der Waals surface area contributed by atoms with E-state index in [-0.39, 0.29) is 0 Å². The number of hydrogen-bond acceptors (Lipinski definition) is 2. The largest absolute Gasteiger partial charge is 0.456 e. The molecule has 3 nitrogen and oxygen atoms in total. The number of para-hydroxylation sites is 3. The van der Waals surface area contributed by atoms with Crippen molar-refractivity contribution in [1.29, 1.82) is 0 Å². The van der Waals surface area contributed by atoms with Crippen LogP contribution in [0.3, 0.4) is 0 Å². The van der Waals surface area contributed by atoms with Gasteiger partial charge in [-0.25, -0.2) is 0 Å². The van der Waals surface area contributed by atoms with Gasteiger partial charge in [-0.05, 0) is 75.1 Å². The van der Waals surface area contributed by atoms with Crippen molar-refractivity contribution in [3.8, 4) is 28.1 Å². The molecule has 0 N–H and O–H groups in total. The molecular weight excluding hydrogens is 599 g/mol.